The number of ether oxygens (including phenoxy) is 1. The van der Waals surface area contributed by atoms with Crippen LogP contribution in [-0.2, 0) is 11.3 Å². The third kappa shape index (κ3) is 5.67. The quantitative estimate of drug-likeness (QED) is 0.678. The Balaban J connectivity index is 1.45. The third-order valence-corrected chi connectivity index (χ3v) is 3.73. The summed E-state index contributed by atoms with van der Waals surface area (Å²) in [7, 11) is 0. The Bertz CT molecular complexity index is 882. The minimum Gasteiger partial charge on any atom is -0.456 e. The molecule has 0 radical (unpaired) electrons. The summed E-state index contributed by atoms with van der Waals surface area (Å²) in [6.45, 7) is 0.343. The summed E-state index contributed by atoms with van der Waals surface area (Å²) in [5.74, 6) is 0.645. The van der Waals surface area contributed by atoms with Gasteiger partial charge in [-0.2, -0.15) is 0 Å². The highest BCUT2D eigenvalue weighted by molar-refractivity contribution is 5.96. The summed E-state index contributed by atoms with van der Waals surface area (Å²) in [6.07, 6.45) is 3.27. The fraction of sp³-hybridized carbons (Fsp3) is 0.0952. The molecule has 3 rings (SSSR count). The number of aromatic nitrogens is 1. The molecule has 0 saturated carbocycles. The first-order valence-electron chi connectivity index (χ1n) is 8.47. The molecular formula is C21H19N3O3. The van der Waals surface area contributed by atoms with Gasteiger partial charge in [-0.1, -0.05) is 30.3 Å². The lowest BCUT2D eigenvalue weighted by atomic mass is 10.2. The number of amides is 2. The number of pyridine rings is 1. The molecule has 0 bridgehead atoms. The number of carbonyl (C=O) groups excluding carboxylic acids is 2. The van der Waals surface area contributed by atoms with Crippen LogP contribution >= 0.6 is 0 Å². The number of hydrogen-bond donors (Lipinski definition) is 2. The van der Waals surface area contributed by atoms with Crippen molar-refractivity contribution in [1.82, 2.24) is 15.6 Å². The molecule has 0 fully saturated rings. The Kier molecular flexibility index (Phi) is 6.14. The second-order valence-corrected chi connectivity index (χ2v) is 5.76. The molecule has 0 unspecified atom stereocenters. The SMILES string of the molecule is O=C(CNC(=O)c1ccc(Oc2cccnc2)cc1)NCc1ccccc1. The van der Waals surface area contributed by atoms with E-state index in [1.807, 2.05) is 30.3 Å². The van der Waals surface area contributed by atoms with Gasteiger partial charge in [0.1, 0.15) is 11.5 Å². The highest BCUT2D eigenvalue weighted by Crippen LogP contribution is 2.20. The molecular weight excluding hydrogens is 342 g/mol. The van der Waals surface area contributed by atoms with E-state index in [-0.39, 0.29) is 18.4 Å². The van der Waals surface area contributed by atoms with E-state index in [1.54, 1.807) is 48.8 Å². The summed E-state index contributed by atoms with van der Waals surface area (Å²) in [5, 5.41) is 5.36. The second kappa shape index (κ2) is 9.15. The van der Waals surface area contributed by atoms with E-state index in [4.69, 9.17) is 4.74 Å². The van der Waals surface area contributed by atoms with Crippen molar-refractivity contribution in [3.8, 4) is 11.5 Å². The zero-order chi connectivity index (χ0) is 18.9. The van der Waals surface area contributed by atoms with Gasteiger partial charge in [0, 0.05) is 18.3 Å². The van der Waals surface area contributed by atoms with Crippen molar-refractivity contribution >= 4 is 11.8 Å². The molecule has 6 nitrogen and oxygen atoms in total. The summed E-state index contributed by atoms with van der Waals surface area (Å²) < 4.78 is 5.63. The Labute approximate surface area is 157 Å². The van der Waals surface area contributed by atoms with E-state index in [0.29, 0.717) is 23.6 Å². The van der Waals surface area contributed by atoms with Gasteiger partial charge in [-0.15, -0.1) is 0 Å². The molecule has 2 aromatic carbocycles. The molecule has 1 aromatic heterocycles. The van der Waals surface area contributed by atoms with Crippen molar-refractivity contribution in [3.05, 3.63) is 90.3 Å². The standard InChI is InChI=1S/C21H19N3O3/c25-20(23-13-16-5-2-1-3-6-16)15-24-21(26)17-8-10-18(11-9-17)27-19-7-4-12-22-14-19/h1-12,14H,13,15H2,(H,23,25)(H,24,26). The molecule has 0 spiro atoms. The van der Waals surface area contributed by atoms with Gasteiger partial charge in [-0.3, -0.25) is 14.6 Å². The topological polar surface area (TPSA) is 80.3 Å². The Hall–Kier alpha value is -3.67. The number of hydrogen-bond acceptors (Lipinski definition) is 4. The molecule has 2 N–H and O–H groups in total. The minimum atomic E-state index is -0.321. The first-order chi connectivity index (χ1) is 13.2. The number of benzene rings is 2. The highest BCUT2D eigenvalue weighted by atomic mass is 16.5. The van der Waals surface area contributed by atoms with Crippen LogP contribution in [0.2, 0.25) is 0 Å². The van der Waals surface area contributed by atoms with Gasteiger partial charge in [-0.25, -0.2) is 0 Å². The van der Waals surface area contributed by atoms with E-state index >= 15 is 0 Å². The molecule has 27 heavy (non-hydrogen) atoms. The molecule has 0 atom stereocenters. The van der Waals surface area contributed by atoms with Gasteiger partial charge in [0.25, 0.3) is 5.91 Å². The van der Waals surface area contributed by atoms with E-state index in [1.165, 1.54) is 0 Å². The summed E-state index contributed by atoms with van der Waals surface area (Å²) >= 11 is 0. The lowest BCUT2D eigenvalue weighted by Crippen LogP contribution is -2.36. The van der Waals surface area contributed by atoms with Crippen molar-refractivity contribution in [2.45, 2.75) is 6.54 Å². The van der Waals surface area contributed by atoms with Crippen molar-refractivity contribution in [2.75, 3.05) is 6.54 Å². The van der Waals surface area contributed by atoms with Crippen LogP contribution in [0.5, 0.6) is 11.5 Å². The van der Waals surface area contributed by atoms with E-state index < -0.39 is 0 Å². The average Bonchev–Trinajstić information content (AvgIpc) is 2.72. The van der Waals surface area contributed by atoms with Gasteiger partial charge in [0.2, 0.25) is 5.91 Å². The third-order valence-electron chi connectivity index (χ3n) is 3.73. The zero-order valence-corrected chi connectivity index (χ0v) is 14.6. The zero-order valence-electron chi connectivity index (χ0n) is 14.6. The van der Waals surface area contributed by atoms with Gasteiger partial charge >= 0.3 is 0 Å². The molecule has 0 aliphatic rings. The fourth-order valence-electron chi connectivity index (χ4n) is 2.34. The van der Waals surface area contributed by atoms with Crippen LogP contribution in [0.15, 0.2) is 79.1 Å². The van der Waals surface area contributed by atoms with Crippen LogP contribution < -0.4 is 15.4 Å². The molecule has 0 saturated heterocycles. The molecule has 0 aliphatic carbocycles. The largest absolute Gasteiger partial charge is 0.456 e. The van der Waals surface area contributed by atoms with Crippen LogP contribution in [0.4, 0.5) is 0 Å². The number of nitrogens with zero attached hydrogens (tertiary/aromatic N) is 1. The molecule has 1 heterocycles. The van der Waals surface area contributed by atoms with E-state index in [9.17, 15) is 9.59 Å². The number of nitrogens with one attached hydrogen (secondary N) is 2. The number of carbonyl (C=O) groups is 2. The maximum Gasteiger partial charge on any atom is 0.251 e. The lowest BCUT2D eigenvalue weighted by Gasteiger charge is -2.08. The Morgan fingerprint density at radius 1 is 0.852 bits per heavy atom. The Morgan fingerprint density at radius 2 is 1.63 bits per heavy atom. The highest BCUT2D eigenvalue weighted by Gasteiger charge is 2.08. The minimum absolute atomic E-state index is 0.0837. The van der Waals surface area contributed by atoms with Crippen molar-refractivity contribution in [1.29, 1.82) is 0 Å². The first kappa shape index (κ1) is 18.1. The number of rotatable bonds is 7. The maximum atomic E-state index is 12.2. The smallest absolute Gasteiger partial charge is 0.251 e. The average molecular weight is 361 g/mol. The summed E-state index contributed by atoms with van der Waals surface area (Å²) in [5.41, 5.74) is 1.45. The van der Waals surface area contributed by atoms with E-state index in [2.05, 4.69) is 15.6 Å². The van der Waals surface area contributed by atoms with Crippen LogP contribution in [0.3, 0.4) is 0 Å². The fourth-order valence-corrected chi connectivity index (χ4v) is 2.34. The second-order valence-electron chi connectivity index (χ2n) is 5.76. The first-order valence-corrected chi connectivity index (χ1v) is 8.47. The molecule has 6 heteroatoms. The van der Waals surface area contributed by atoms with Gasteiger partial charge in [-0.05, 0) is 42.0 Å². The normalized spacial score (nSPS) is 10.1. The van der Waals surface area contributed by atoms with Crippen molar-refractivity contribution in [3.63, 3.8) is 0 Å². The molecule has 3 aromatic rings. The van der Waals surface area contributed by atoms with Crippen LogP contribution in [0, 0.1) is 0 Å². The molecule has 2 amide bonds. The summed E-state index contributed by atoms with van der Waals surface area (Å²) in [4.78, 5) is 28.0. The van der Waals surface area contributed by atoms with Crippen LogP contribution in [0.25, 0.3) is 0 Å². The van der Waals surface area contributed by atoms with Crippen molar-refractivity contribution in [2.24, 2.45) is 0 Å². The van der Waals surface area contributed by atoms with Gasteiger partial charge in [0.05, 0.1) is 12.7 Å². The Morgan fingerprint density at radius 3 is 2.33 bits per heavy atom. The van der Waals surface area contributed by atoms with Gasteiger partial charge < -0.3 is 15.4 Å². The molecule has 136 valence electrons. The van der Waals surface area contributed by atoms with E-state index in [0.717, 1.165) is 5.56 Å². The maximum absolute atomic E-state index is 12.2. The molecule has 0 aliphatic heterocycles. The van der Waals surface area contributed by atoms with Gasteiger partial charge in [0.15, 0.2) is 0 Å². The van der Waals surface area contributed by atoms with Crippen LogP contribution in [-0.4, -0.2) is 23.3 Å². The predicted molar refractivity (Wildman–Crippen MR) is 101 cm³/mol. The monoisotopic (exact) mass is 361 g/mol. The predicted octanol–water partition coefficient (Wildman–Crippen LogP) is 2.92. The summed E-state index contributed by atoms with van der Waals surface area (Å²) in [6, 6.07) is 19.8. The lowest BCUT2D eigenvalue weighted by molar-refractivity contribution is -0.120. The van der Waals surface area contributed by atoms with Crippen LogP contribution in [0.1, 0.15) is 15.9 Å². The van der Waals surface area contributed by atoms with Crippen molar-refractivity contribution < 1.29 is 14.3 Å².